The first-order valence-electron chi connectivity index (χ1n) is 21.3. The number of hydrogen-bond acceptors (Lipinski definition) is 0. The molecule has 3 aromatic heterocycles. The van der Waals surface area contributed by atoms with Gasteiger partial charge in [-0.15, -0.1) is 0 Å². The Labute approximate surface area is 327 Å². The first-order chi connectivity index (χ1) is 26.0. The quantitative estimate of drug-likeness (QED) is 0.0650. The van der Waals surface area contributed by atoms with Crippen LogP contribution in [0.4, 0.5) is 0 Å². The second kappa shape index (κ2) is 18.0. The number of rotatable bonds is 21. The Morgan fingerprint density at radius 3 is 0.906 bits per heavy atom. The smallest absolute Gasteiger partial charge is 0.0506 e. The van der Waals surface area contributed by atoms with Crippen LogP contribution in [0.5, 0.6) is 0 Å². The summed E-state index contributed by atoms with van der Waals surface area (Å²) in [6.07, 6.45) is 23.2. The molecule has 0 unspecified atom stereocenters. The highest BCUT2D eigenvalue weighted by Crippen LogP contribution is 2.41. The minimum atomic E-state index is 0.813. The molecule has 5 heteroatoms. The van der Waals surface area contributed by atoms with Crippen LogP contribution in [0.3, 0.4) is 0 Å². The van der Waals surface area contributed by atoms with E-state index in [1.807, 2.05) is 0 Å². The standard InChI is InChI=1S/C48H61Cl2N3/c1-4-7-10-13-16-19-26-51-43-29-35(49)22-24-37(43)39-31-47-41(33-45(39)51)42-34-46-40(32-48(42)53(47)28-21-18-15-12-9-6-3)38-25-23-36(50)30-44(38)52(46)27-20-17-14-11-8-5-2/h22-25,29-34H,4-21,26-28H2,1-3H3. The molecular weight excluding hydrogens is 689 g/mol. The van der Waals surface area contributed by atoms with Crippen LogP contribution in [0.25, 0.3) is 65.4 Å². The molecule has 0 atom stereocenters. The molecule has 0 N–H and O–H groups in total. The van der Waals surface area contributed by atoms with E-state index in [0.717, 1.165) is 29.7 Å². The van der Waals surface area contributed by atoms with E-state index in [1.165, 1.54) is 181 Å². The van der Waals surface area contributed by atoms with Crippen LogP contribution >= 0.6 is 23.2 Å². The first kappa shape index (κ1) is 38.1. The third kappa shape index (κ3) is 8.13. The zero-order chi connectivity index (χ0) is 36.7. The summed E-state index contributed by atoms with van der Waals surface area (Å²) in [6, 6.07) is 23.1. The summed E-state index contributed by atoms with van der Waals surface area (Å²) in [5.41, 5.74) is 7.91. The van der Waals surface area contributed by atoms with E-state index in [4.69, 9.17) is 23.2 Å². The van der Waals surface area contributed by atoms with E-state index < -0.39 is 0 Å². The SMILES string of the molecule is CCCCCCCCn1c2cc(Cl)ccc2c2cc3c(cc21)c1cc2c(cc1n3CCCCCCCC)c1ccc(Cl)cc1n2CCCCCCCC. The molecule has 0 radical (unpaired) electrons. The van der Waals surface area contributed by atoms with Gasteiger partial charge in [-0.3, -0.25) is 0 Å². The highest BCUT2D eigenvalue weighted by atomic mass is 35.5. The van der Waals surface area contributed by atoms with Gasteiger partial charge in [0.2, 0.25) is 0 Å². The number of nitrogens with zero attached hydrogens (tertiary/aromatic N) is 3. The third-order valence-corrected chi connectivity index (χ3v) is 12.4. The van der Waals surface area contributed by atoms with Crippen molar-refractivity contribution in [1.29, 1.82) is 0 Å². The van der Waals surface area contributed by atoms with Gasteiger partial charge in [0.1, 0.15) is 0 Å². The number of hydrogen-bond donors (Lipinski definition) is 0. The van der Waals surface area contributed by atoms with Crippen LogP contribution < -0.4 is 0 Å². The van der Waals surface area contributed by atoms with Gasteiger partial charge in [0.25, 0.3) is 0 Å². The van der Waals surface area contributed by atoms with Crippen LogP contribution in [0.2, 0.25) is 10.0 Å². The molecule has 7 rings (SSSR count). The monoisotopic (exact) mass is 749 g/mol. The van der Waals surface area contributed by atoms with E-state index in [0.29, 0.717) is 0 Å². The van der Waals surface area contributed by atoms with Crippen molar-refractivity contribution < 1.29 is 0 Å². The average molecular weight is 751 g/mol. The molecule has 0 saturated carbocycles. The number of halogens is 2. The van der Waals surface area contributed by atoms with Gasteiger partial charge in [0.15, 0.2) is 0 Å². The maximum atomic E-state index is 6.68. The van der Waals surface area contributed by atoms with Gasteiger partial charge in [-0.1, -0.05) is 152 Å². The molecule has 0 aliphatic carbocycles. The first-order valence-corrected chi connectivity index (χ1v) is 22.1. The molecular formula is C48H61Cl2N3. The second-order valence-electron chi connectivity index (χ2n) is 15.9. The van der Waals surface area contributed by atoms with Crippen LogP contribution in [0.1, 0.15) is 136 Å². The highest BCUT2D eigenvalue weighted by molar-refractivity contribution is 6.32. The fourth-order valence-electron chi connectivity index (χ4n) is 9.08. The van der Waals surface area contributed by atoms with Crippen molar-refractivity contribution in [3.63, 3.8) is 0 Å². The molecule has 0 fully saturated rings. The number of aromatic nitrogens is 3. The largest absolute Gasteiger partial charge is 0.340 e. The Hall–Kier alpha value is -3.14. The van der Waals surface area contributed by atoms with Crippen LogP contribution in [0, 0.1) is 0 Å². The maximum Gasteiger partial charge on any atom is 0.0506 e. The predicted molar refractivity (Wildman–Crippen MR) is 236 cm³/mol. The Bertz CT molecular complexity index is 2150. The Balaban J connectivity index is 1.38. The molecule has 0 bridgehead atoms. The van der Waals surface area contributed by atoms with Gasteiger partial charge in [-0.25, -0.2) is 0 Å². The summed E-state index contributed by atoms with van der Waals surface area (Å²) in [4.78, 5) is 0. The molecule has 53 heavy (non-hydrogen) atoms. The lowest BCUT2D eigenvalue weighted by Crippen LogP contribution is -1.99. The maximum absolute atomic E-state index is 6.68. The lowest BCUT2D eigenvalue weighted by Gasteiger charge is -2.10. The van der Waals surface area contributed by atoms with Crippen molar-refractivity contribution in [1.82, 2.24) is 13.7 Å². The summed E-state index contributed by atoms with van der Waals surface area (Å²) in [7, 11) is 0. The zero-order valence-corrected chi connectivity index (χ0v) is 34.2. The molecule has 0 spiro atoms. The molecule has 4 aromatic carbocycles. The highest BCUT2D eigenvalue weighted by Gasteiger charge is 2.20. The molecule has 0 aliphatic rings. The van der Waals surface area contributed by atoms with E-state index in [-0.39, 0.29) is 0 Å². The van der Waals surface area contributed by atoms with Gasteiger partial charge in [-0.2, -0.15) is 0 Å². The number of fused-ring (bicyclic) bond motifs is 9. The van der Waals surface area contributed by atoms with E-state index in [9.17, 15) is 0 Å². The molecule has 0 saturated heterocycles. The average Bonchev–Trinajstić information content (AvgIpc) is 3.74. The van der Waals surface area contributed by atoms with E-state index in [1.54, 1.807) is 0 Å². The van der Waals surface area contributed by atoms with Gasteiger partial charge in [0.05, 0.1) is 11.0 Å². The van der Waals surface area contributed by atoms with Gasteiger partial charge >= 0.3 is 0 Å². The molecule has 0 aliphatic heterocycles. The Kier molecular flexibility index (Phi) is 13.0. The van der Waals surface area contributed by atoms with Gasteiger partial charge in [-0.05, 0) is 67.8 Å². The lowest BCUT2D eigenvalue weighted by atomic mass is 10.1. The number of aryl methyl sites for hydroxylation is 3. The third-order valence-electron chi connectivity index (χ3n) is 12.0. The minimum Gasteiger partial charge on any atom is -0.340 e. The van der Waals surface area contributed by atoms with E-state index >= 15 is 0 Å². The van der Waals surface area contributed by atoms with Crippen LogP contribution in [0.15, 0.2) is 60.7 Å². The van der Waals surface area contributed by atoms with Crippen molar-refractivity contribution in [2.24, 2.45) is 0 Å². The number of benzene rings is 4. The summed E-state index contributed by atoms with van der Waals surface area (Å²) in [6.45, 7) is 9.97. The van der Waals surface area contributed by atoms with Crippen LogP contribution in [-0.4, -0.2) is 13.7 Å². The topological polar surface area (TPSA) is 14.8 Å². The zero-order valence-electron chi connectivity index (χ0n) is 32.7. The summed E-state index contributed by atoms with van der Waals surface area (Å²) in [5, 5.41) is 9.68. The molecule has 7 aromatic rings. The summed E-state index contributed by atoms with van der Waals surface area (Å²) >= 11 is 13.4. The predicted octanol–water partition coefficient (Wildman–Crippen LogP) is 16.4. The fraction of sp³-hybridized carbons (Fsp3) is 0.500. The van der Waals surface area contributed by atoms with Crippen molar-refractivity contribution >= 4 is 88.6 Å². The second-order valence-corrected chi connectivity index (χ2v) is 16.7. The van der Waals surface area contributed by atoms with Crippen molar-refractivity contribution in [2.75, 3.05) is 0 Å². The molecule has 0 amide bonds. The fourth-order valence-corrected chi connectivity index (χ4v) is 9.42. The van der Waals surface area contributed by atoms with Crippen molar-refractivity contribution in [2.45, 2.75) is 156 Å². The normalized spacial score (nSPS) is 12.3. The summed E-state index contributed by atoms with van der Waals surface area (Å²) in [5.74, 6) is 0. The Morgan fingerprint density at radius 1 is 0.321 bits per heavy atom. The lowest BCUT2D eigenvalue weighted by molar-refractivity contribution is 0.570. The summed E-state index contributed by atoms with van der Waals surface area (Å²) < 4.78 is 7.80. The van der Waals surface area contributed by atoms with Gasteiger partial charge in [0, 0.05) is 84.1 Å². The van der Waals surface area contributed by atoms with Crippen LogP contribution in [-0.2, 0) is 19.6 Å². The molecule has 282 valence electrons. The van der Waals surface area contributed by atoms with Crippen molar-refractivity contribution in [3.05, 3.63) is 70.7 Å². The van der Waals surface area contributed by atoms with Gasteiger partial charge < -0.3 is 13.7 Å². The molecule has 3 heterocycles. The van der Waals surface area contributed by atoms with E-state index in [2.05, 4.69) is 95.1 Å². The van der Waals surface area contributed by atoms with Crippen molar-refractivity contribution in [3.8, 4) is 0 Å². The number of unbranched alkanes of at least 4 members (excludes halogenated alkanes) is 15. The minimum absolute atomic E-state index is 0.813. The Morgan fingerprint density at radius 2 is 0.585 bits per heavy atom. The molecule has 3 nitrogen and oxygen atoms in total.